The summed E-state index contributed by atoms with van der Waals surface area (Å²) in [7, 11) is 0. The summed E-state index contributed by atoms with van der Waals surface area (Å²) in [4.78, 5) is 27.8. The fourth-order valence-electron chi connectivity index (χ4n) is 1.62. The second-order valence-electron chi connectivity index (χ2n) is 4.14. The van der Waals surface area contributed by atoms with Gasteiger partial charge in [-0.25, -0.2) is 5.48 Å². The van der Waals surface area contributed by atoms with Crippen molar-refractivity contribution in [1.29, 1.82) is 0 Å². The van der Waals surface area contributed by atoms with E-state index in [1.54, 1.807) is 37.3 Å². The number of hydrogen-bond acceptors (Lipinski definition) is 3. The Hall–Kier alpha value is -1.88. The number of rotatable bonds is 6. The highest BCUT2D eigenvalue weighted by Gasteiger charge is 2.37. The fraction of sp³-hybridized carbons (Fsp3) is 0.385. The maximum atomic E-state index is 11.6. The monoisotopic (exact) mass is 251 g/mol. The maximum absolute atomic E-state index is 11.6. The Balaban J connectivity index is 2.89. The number of amides is 1. The zero-order chi connectivity index (χ0) is 13.6. The van der Waals surface area contributed by atoms with Gasteiger partial charge in [-0.1, -0.05) is 30.3 Å². The molecule has 5 nitrogen and oxygen atoms in total. The first-order valence-corrected chi connectivity index (χ1v) is 5.70. The molecule has 1 aromatic rings. The minimum atomic E-state index is -1.26. The lowest BCUT2D eigenvalue weighted by Crippen LogP contribution is -2.38. The molecule has 0 radical (unpaired) electrons. The predicted octanol–water partition coefficient (Wildman–Crippen LogP) is 1.49. The summed E-state index contributed by atoms with van der Waals surface area (Å²) in [6, 6.07) is 8.68. The van der Waals surface area contributed by atoms with Crippen LogP contribution in [0.1, 0.15) is 25.8 Å². The Morgan fingerprint density at radius 1 is 1.33 bits per heavy atom. The van der Waals surface area contributed by atoms with Gasteiger partial charge < -0.3 is 5.11 Å². The van der Waals surface area contributed by atoms with E-state index in [-0.39, 0.29) is 6.42 Å². The van der Waals surface area contributed by atoms with Crippen LogP contribution in [0.3, 0.4) is 0 Å². The summed E-state index contributed by atoms with van der Waals surface area (Å²) < 4.78 is 0. The first kappa shape index (κ1) is 14.2. The van der Waals surface area contributed by atoms with Crippen LogP contribution in [0.4, 0.5) is 0 Å². The number of carboxylic acids is 1. The molecule has 0 aromatic heterocycles. The number of hydrogen-bond donors (Lipinski definition) is 2. The van der Waals surface area contributed by atoms with Crippen LogP contribution in [0.2, 0.25) is 0 Å². The molecule has 18 heavy (non-hydrogen) atoms. The Bertz CT molecular complexity index is 418. The highest BCUT2D eigenvalue weighted by atomic mass is 16.6. The average molecular weight is 251 g/mol. The molecule has 0 saturated carbocycles. The number of carboxylic acid groups (broad SMARTS) is 1. The second kappa shape index (κ2) is 6.16. The zero-order valence-electron chi connectivity index (χ0n) is 10.5. The first-order valence-electron chi connectivity index (χ1n) is 5.70. The van der Waals surface area contributed by atoms with E-state index in [1.807, 2.05) is 0 Å². The predicted molar refractivity (Wildman–Crippen MR) is 65.8 cm³/mol. The summed E-state index contributed by atoms with van der Waals surface area (Å²) >= 11 is 0. The summed E-state index contributed by atoms with van der Waals surface area (Å²) in [6.45, 7) is 3.59. The summed E-state index contributed by atoms with van der Waals surface area (Å²) in [5, 5.41) is 9.34. The Labute approximate surface area is 106 Å². The van der Waals surface area contributed by atoms with Gasteiger partial charge in [0.1, 0.15) is 0 Å². The van der Waals surface area contributed by atoms with Crippen LogP contribution < -0.4 is 5.48 Å². The van der Waals surface area contributed by atoms with Crippen LogP contribution in [-0.4, -0.2) is 23.6 Å². The van der Waals surface area contributed by atoms with Gasteiger partial charge in [0.2, 0.25) is 5.91 Å². The maximum Gasteiger partial charge on any atom is 0.314 e. The number of carbonyl (C=O) groups is 2. The summed E-state index contributed by atoms with van der Waals surface area (Å²) in [5.41, 5.74) is 1.54. The van der Waals surface area contributed by atoms with E-state index in [2.05, 4.69) is 5.48 Å². The number of carbonyl (C=O) groups excluding carboxylic acids is 1. The van der Waals surface area contributed by atoms with E-state index < -0.39 is 17.3 Å². The van der Waals surface area contributed by atoms with Crippen LogP contribution in [0.15, 0.2) is 30.3 Å². The number of benzene rings is 1. The molecule has 0 spiro atoms. The molecule has 2 N–H and O–H groups in total. The van der Waals surface area contributed by atoms with Crippen molar-refractivity contribution in [2.24, 2.45) is 0 Å². The van der Waals surface area contributed by atoms with Crippen molar-refractivity contribution >= 4 is 11.9 Å². The van der Waals surface area contributed by atoms with Crippen molar-refractivity contribution in [3.05, 3.63) is 35.9 Å². The lowest BCUT2D eigenvalue weighted by Gasteiger charge is -2.24. The Morgan fingerprint density at radius 2 is 1.94 bits per heavy atom. The molecule has 0 aliphatic heterocycles. The zero-order valence-corrected chi connectivity index (χ0v) is 10.5. The van der Waals surface area contributed by atoms with Crippen LogP contribution >= 0.6 is 0 Å². The van der Waals surface area contributed by atoms with Crippen molar-refractivity contribution in [1.82, 2.24) is 5.48 Å². The third-order valence-electron chi connectivity index (χ3n) is 2.73. The molecule has 1 amide bonds. The smallest absolute Gasteiger partial charge is 0.314 e. The highest BCUT2D eigenvalue weighted by molar-refractivity contribution is 5.88. The molecule has 1 unspecified atom stereocenters. The molecule has 1 atom stereocenters. The third-order valence-corrected chi connectivity index (χ3v) is 2.73. The number of nitrogens with one attached hydrogen (secondary N) is 1. The number of aliphatic carboxylic acids is 1. The molecule has 0 aliphatic rings. The van der Waals surface area contributed by atoms with Gasteiger partial charge in [-0.05, 0) is 19.4 Å². The molecular formula is C13H17NO4. The first-order chi connectivity index (χ1) is 8.50. The molecule has 0 saturated heterocycles. The number of hydroxylamine groups is 1. The van der Waals surface area contributed by atoms with Gasteiger partial charge in [-0.15, -0.1) is 0 Å². The molecule has 0 fully saturated rings. The standard InChI is InChI=1S/C13H17NO4/c1-3-18-14-11(15)9-13(2,12(16)17)10-7-5-4-6-8-10/h4-8H,3,9H2,1-2H3,(H,14,15)(H,16,17). The van der Waals surface area contributed by atoms with Crippen LogP contribution in [0.25, 0.3) is 0 Å². The Morgan fingerprint density at radius 3 is 2.44 bits per heavy atom. The summed E-state index contributed by atoms with van der Waals surface area (Å²) in [5.74, 6) is -1.49. The van der Waals surface area contributed by atoms with Crippen molar-refractivity contribution in [2.45, 2.75) is 25.7 Å². The normalized spacial score (nSPS) is 13.7. The van der Waals surface area contributed by atoms with Gasteiger partial charge >= 0.3 is 5.97 Å². The van der Waals surface area contributed by atoms with Gasteiger partial charge in [0.25, 0.3) is 0 Å². The largest absolute Gasteiger partial charge is 0.481 e. The highest BCUT2D eigenvalue weighted by Crippen LogP contribution is 2.27. The minimum Gasteiger partial charge on any atom is -0.481 e. The van der Waals surface area contributed by atoms with E-state index in [1.165, 1.54) is 6.92 Å². The van der Waals surface area contributed by atoms with E-state index in [4.69, 9.17) is 4.84 Å². The van der Waals surface area contributed by atoms with Crippen LogP contribution in [0, 0.1) is 0 Å². The van der Waals surface area contributed by atoms with Crippen molar-refractivity contribution in [3.63, 3.8) is 0 Å². The Kier molecular flexibility index (Phi) is 4.85. The molecule has 0 aliphatic carbocycles. The van der Waals surface area contributed by atoms with Crippen molar-refractivity contribution < 1.29 is 19.5 Å². The van der Waals surface area contributed by atoms with E-state index in [9.17, 15) is 14.7 Å². The quantitative estimate of drug-likeness (QED) is 0.751. The van der Waals surface area contributed by atoms with Gasteiger partial charge in [0.15, 0.2) is 0 Å². The van der Waals surface area contributed by atoms with Gasteiger partial charge in [-0.2, -0.15) is 0 Å². The SMILES string of the molecule is CCONC(=O)CC(C)(C(=O)O)c1ccccc1. The second-order valence-corrected chi connectivity index (χ2v) is 4.14. The molecule has 1 aromatic carbocycles. The lowest BCUT2D eigenvalue weighted by atomic mass is 9.79. The lowest BCUT2D eigenvalue weighted by molar-refractivity contribution is -0.148. The topological polar surface area (TPSA) is 75.6 Å². The minimum absolute atomic E-state index is 0.174. The molecule has 0 bridgehead atoms. The van der Waals surface area contributed by atoms with Crippen molar-refractivity contribution in [3.8, 4) is 0 Å². The van der Waals surface area contributed by atoms with Crippen LogP contribution in [0.5, 0.6) is 0 Å². The molecule has 98 valence electrons. The van der Waals surface area contributed by atoms with Gasteiger partial charge in [-0.3, -0.25) is 14.4 Å². The average Bonchev–Trinajstić information content (AvgIpc) is 2.37. The fourth-order valence-corrected chi connectivity index (χ4v) is 1.62. The molecule has 1 rings (SSSR count). The third kappa shape index (κ3) is 3.30. The van der Waals surface area contributed by atoms with E-state index in [0.29, 0.717) is 12.2 Å². The van der Waals surface area contributed by atoms with E-state index in [0.717, 1.165) is 0 Å². The van der Waals surface area contributed by atoms with Gasteiger partial charge in [0.05, 0.1) is 12.0 Å². The van der Waals surface area contributed by atoms with Gasteiger partial charge in [0, 0.05) is 6.42 Å². The summed E-state index contributed by atoms with van der Waals surface area (Å²) in [6.07, 6.45) is -0.174. The van der Waals surface area contributed by atoms with Crippen molar-refractivity contribution in [2.75, 3.05) is 6.61 Å². The molecule has 5 heteroatoms. The molecule has 0 heterocycles. The van der Waals surface area contributed by atoms with E-state index >= 15 is 0 Å². The molecular weight excluding hydrogens is 234 g/mol. The van der Waals surface area contributed by atoms with Crippen LogP contribution in [-0.2, 0) is 19.8 Å².